The van der Waals surface area contributed by atoms with Crippen molar-refractivity contribution < 1.29 is 50.5 Å². The number of carboxylic acid groups (broad SMARTS) is 2. The third-order valence-corrected chi connectivity index (χ3v) is 6.00. The van der Waals surface area contributed by atoms with Crippen LogP contribution in [0.15, 0.2) is 36.0 Å². The Bertz CT molecular complexity index is 1220. The minimum atomic E-state index is -5.08. The summed E-state index contributed by atoms with van der Waals surface area (Å²) in [5.41, 5.74) is 1.51. The van der Waals surface area contributed by atoms with E-state index in [-0.39, 0.29) is 5.82 Å². The van der Waals surface area contributed by atoms with E-state index < -0.39 is 24.3 Å². The molecule has 0 bridgehead atoms. The number of likely N-dealkylation sites (N-methyl/N-ethyl adjacent to an activating group) is 1. The minimum absolute atomic E-state index is 0.206. The molecule has 1 fully saturated rings. The first kappa shape index (κ1) is 30.7. The average molecular weight is 570 g/mol. The summed E-state index contributed by atoms with van der Waals surface area (Å²) in [6.07, 6.45) is -8.55. The van der Waals surface area contributed by atoms with Crippen molar-refractivity contribution in [3.63, 3.8) is 0 Å². The topological polar surface area (TPSA) is 107 Å². The maximum absolute atomic E-state index is 14.3. The monoisotopic (exact) mass is 570 g/mol. The summed E-state index contributed by atoms with van der Waals surface area (Å²) < 4.78 is 77.8. The number of piperazine rings is 1. The van der Waals surface area contributed by atoms with Crippen LogP contribution in [0.5, 0.6) is 0 Å². The van der Waals surface area contributed by atoms with Gasteiger partial charge < -0.3 is 20.0 Å². The average Bonchev–Trinajstić information content (AvgIpc) is 3.28. The number of rotatable bonds is 3. The number of benzene rings is 1. The molecule has 0 saturated carbocycles. The van der Waals surface area contributed by atoms with Gasteiger partial charge >= 0.3 is 24.3 Å². The Balaban J connectivity index is 0.000000301. The number of hydrogen-bond acceptors (Lipinski definition) is 7. The lowest BCUT2D eigenvalue weighted by atomic mass is 10.1. The molecule has 2 N–H and O–H groups in total. The lowest BCUT2D eigenvalue weighted by Gasteiger charge is -2.35. The SMILES string of the molecule is CCN1CCN(c2ncnc3scc(-c4ccccc4F)c23)CC1.O=C(O)C(F)(F)F.O=C(O)C(F)(F)F. The van der Waals surface area contributed by atoms with Crippen LogP contribution in [0.2, 0.25) is 0 Å². The zero-order valence-corrected chi connectivity index (χ0v) is 20.4. The molecule has 0 aliphatic carbocycles. The zero-order valence-electron chi connectivity index (χ0n) is 19.6. The molecule has 0 atom stereocenters. The molecule has 4 rings (SSSR count). The Morgan fingerprint density at radius 1 is 0.921 bits per heavy atom. The molecule has 0 radical (unpaired) electrons. The normalized spacial score (nSPS) is 14.3. The van der Waals surface area contributed by atoms with Crippen molar-refractivity contribution in [1.29, 1.82) is 0 Å². The fraction of sp³-hybridized carbons (Fsp3) is 0.364. The molecule has 0 spiro atoms. The predicted molar refractivity (Wildman–Crippen MR) is 125 cm³/mol. The molecule has 8 nitrogen and oxygen atoms in total. The molecule has 3 aromatic rings. The van der Waals surface area contributed by atoms with Crippen LogP contribution in [0.1, 0.15) is 6.92 Å². The smallest absolute Gasteiger partial charge is 0.475 e. The van der Waals surface area contributed by atoms with E-state index in [2.05, 4.69) is 26.7 Å². The summed E-state index contributed by atoms with van der Waals surface area (Å²) in [6, 6.07) is 6.91. The summed E-state index contributed by atoms with van der Waals surface area (Å²) in [4.78, 5) is 32.4. The second-order valence-corrected chi connectivity index (χ2v) is 8.39. The number of carbonyl (C=O) groups is 2. The van der Waals surface area contributed by atoms with Gasteiger partial charge in [0.2, 0.25) is 0 Å². The van der Waals surface area contributed by atoms with Crippen LogP contribution < -0.4 is 4.90 Å². The third kappa shape index (κ3) is 8.24. The molecule has 38 heavy (non-hydrogen) atoms. The Kier molecular flexibility index (Phi) is 10.4. The lowest BCUT2D eigenvalue weighted by molar-refractivity contribution is -0.193. The highest BCUT2D eigenvalue weighted by Crippen LogP contribution is 2.38. The number of anilines is 1. The largest absolute Gasteiger partial charge is 0.490 e. The highest BCUT2D eigenvalue weighted by Gasteiger charge is 2.38. The number of carboxylic acids is 2. The van der Waals surface area contributed by atoms with Crippen LogP contribution in [-0.2, 0) is 9.59 Å². The van der Waals surface area contributed by atoms with Crippen LogP contribution in [0.4, 0.5) is 36.6 Å². The molecule has 3 heterocycles. The van der Waals surface area contributed by atoms with Crippen LogP contribution in [0, 0.1) is 5.82 Å². The lowest BCUT2D eigenvalue weighted by Crippen LogP contribution is -2.46. The van der Waals surface area contributed by atoms with Crippen molar-refractivity contribution in [2.45, 2.75) is 19.3 Å². The molecule has 1 aliphatic rings. The number of hydrogen-bond donors (Lipinski definition) is 2. The van der Waals surface area contributed by atoms with Gasteiger partial charge in [0.25, 0.3) is 0 Å². The predicted octanol–water partition coefficient (Wildman–Crippen LogP) is 4.91. The van der Waals surface area contributed by atoms with Crippen LogP contribution in [-0.4, -0.2) is 82.1 Å². The Hall–Kier alpha value is -3.53. The van der Waals surface area contributed by atoms with E-state index in [1.807, 2.05) is 17.5 Å². The second kappa shape index (κ2) is 12.8. The van der Waals surface area contributed by atoms with Gasteiger partial charge in [-0.3, -0.25) is 0 Å². The van der Waals surface area contributed by atoms with E-state index in [0.29, 0.717) is 5.56 Å². The molecule has 1 aromatic carbocycles. The van der Waals surface area contributed by atoms with E-state index in [4.69, 9.17) is 19.8 Å². The quantitative estimate of drug-likeness (QED) is 0.428. The highest BCUT2D eigenvalue weighted by molar-refractivity contribution is 7.17. The number of aromatic nitrogens is 2. The minimum Gasteiger partial charge on any atom is -0.475 e. The zero-order chi connectivity index (χ0) is 28.7. The molecule has 16 heteroatoms. The fourth-order valence-corrected chi connectivity index (χ4v) is 4.15. The molecular formula is C22H21F7N4O4S. The van der Waals surface area contributed by atoms with E-state index in [1.54, 1.807) is 23.7 Å². The number of thiophene rings is 1. The van der Waals surface area contributed by atoms with Gasteiger partial charge in [-0.05, 0) is 12.6 Å². The van der Waals surface area contributed by atoms with Crippen LogP contribution in [0.25, 0.3) is 21.3 Å². The fourth-order valence-electron chi connectivity index (χ4n) is 3.25. The molecular weight excluding hydrogens is 549 g/mol. The Morgan fingerprint density at radius 3 is 1.92 bits per heavy atom. The van der Waals surface area contributed by atoms with Crippen molar-refractivity contribution in [2.24, 2.45) is 0 Å². The van der Waals surface area contributed by atoms with Crippen molar-refractivity contribution in [1.82, 2.24) is 14.9 Å². The molecule has 0 unspecified atom stereocenters. The highest BCUT2D eigenvalue weighted by atomic mass is 32.1. The van der Waals surface area contributed by atoms with Gasteiger partial charge in [-0.1, -0.05) is 25.1 Å². The van der Waals surface area contributed by atoms with Gasteiger partial charge in [-0.25, -0.2) is 23.9 Å². The van der Waals surface area contributed by atoms with Crippen molar-refractivity contribution in [3.8, 4) is 11.1 Å². The summed E-state index contributed by atoms with van der Waals surface area (Å²) in [5.74, 6) is -4.79. The van der Waals surface area contributed by atoms with Crippen molar-refractivity contribution in [2.75, 3.05) is 37.6 Å². The number of fused-ring (bicyclic) bond motifs is 1. The summed E-state index contributed by atoms with van der Waals surface area (Å²) >= 11 is 1.55. The molecule has 0 amide bonds. The van der Waals surface area contributed by atoms with Gasteiger partial charge in [0, 0.05) is 42.7 Å². The molecule has 2 aromatic heterocycles. The van der Waals surface area contributed by atoms with Crippen molar-refractivity contribution in [3.05, 3.63) is 41.8 Å². The number of aliphatic carboxylic acids is 2. The van der Waals surface area contributed by atoms with E-state index in [9.17, 15) is 30.7 Å². The first-order valence-corrected chi connectivity index (χ1v) is 11.6. The van der Waals surface area contributed by atoms with E-state index >= 15 is 0 Å². The van der Waals surface area contributed by atoms with Gasteiger partial charge in [0.1, 0.15) is 22.8 Å². The Morgan fingerprint density at radius 2 is 1.45 bits per heavy atom. The van der Waals surface area contributed by atoms with Gasteiger partial charge in [0.05, 0.1) is 5.39 Å². The second-order valence-electron chi connectivity index (χ2n) is 7.53. The van der Waals surface area contributed by atoms with Crippen LogP contribution >= 0.6 is 11.3 Å². The van der Waals surface area contributed by atoms with Gasteiger partial charge in [-0.15, -0.1) is 11.3 Å². The summed E-state index contributed by atoms with van der Waals surface area (Å²) in [7, 11) is 0. The number of nitrogens with zero attached hydrogens (tertiary/aromatic N) is 4. The first-order valence-electron chi connectivity index (χ1n) is 10.7. The number of halogens is 7. The molecule has 1 saturated heterocycles. The van der Waals surface area contributed by atoms with Crippen molar-refractivity contribution >= 4 is 39.3 Å². The van der Waals surface area contributed by atoms with E-state index in [1.165, 1.54) is 6.07 Å². The standard InChI is InChI=1S/C18H19FN4S.2C2HF3O2/c1-2-22-7-9-23(10-8-22)17-16-14(11-24-18(16)21-12-20-17)13-5-3-4-6-15(13)19;2*3-2(4,5)1(6)7/h3-6,11-12H,2,7-10H2,1H3;2*(H,6,7). The van der Waals surface area contributed by atoms with Gasteiger partial charge in [0.15, 0.2) is 0 Å². The maximum atomic E-state index is 14.3. The van der Waals surface area contributed by atoms with Crippen LogP contribution in [0.3, 0.4) is 0 Å². The third-order valence-electron chi connectivity index (χ3n) is 5.12. The Labute approximate surface area is 214 Å². The maximum Gasteiger partial charge on any atom is 0.490 e. The number of alkyl halides is 6. The molecule has 208 valence electrons. The summed E-state index contributed by atoms with van der Waals surface area (Å²) in [6.45, 7) is 7.20. The summed E-state index contributed by atoms with van der Waals surface area (Å²) in [5, 5.41) is 17.2. The van der Waals surface area contributed by atoms with Gasteiger partial charge in [-0.2, -0.15) is 26.3 Å². The molecule has 1 aliphatic heterocycles. The first-order chi connectivity index (χ1) is 17.7. The van der Waals surface area contributed by atoms with E-state index in [0.717, 1.165) is 54.3 Å².